The number of nitrogens with zero attached hydrogens (tertiary/aromatic N) is 4. The van der Waals surface area contributed by atoms with E-state index in [0.717, 1.165) is 0 Å². The van der Waals surface area contributed by atoms with Crippen molar-refractivity contribution in [3.05, 3.63) is 48.0 Å². The largest absolute Gasteiger partial charge is 0.493 e. The Morgan fingerprint density at radius 3 is 2.84 bits per heavy atom. The summed E-state index contributed by atoms with van der Waals surface area (Å²) in [5.41, 5.74) is 1.19. The lowest BCUT2D eigenvalue weighted by Gasteiger charge is -2.09. The van der Waals surface area contributed by atoms with E-state index in [9.17, 15) is 0 Å². The second-order valence-electron chi connectivity index (χ2n) is 4.81. The molecular weight excluding hydrogens is 340 g/mol. The fourth-order valence-corrected chi connectivity index (χ4v) is 2.99. The van der Waals surface area contributed by atoms with Gasteiger partial charge in [0.05, 0.1) is 31.1 Å². The average molecular weight is 354 g/mol. The van der Waals surface area contributed by atoms with Gasteiger partial charge >= 0.3 is 0 Å². The Kier molecular flexibility index (Phi) is 5.16. The SMILES string of the molecule is COc1cccc(-c2noc(CSc3ncccc3C#N)n2)c1OC. The number of hydrogen-bond donors (Lipinski definition) is 0. The molecule has 2 heterocycles. The van der Waals surface area contributed by atoms with E-state index in [1.165, 1.54) is 11.8 Å². The Morgan fingerprint density at radius 2 is 2.08 bits per heavy atom. The molecule has 0 fully saturated rings. The quantitative estimate of drug-likeness (QED) is 0.622. The first kappa shape index (κ1) is 16.8. The topological polar surface area (TPSA) is 94.1 Å². The van der Waals surface area contributed by atoms with Crippen LogP contribution in [0.5, 0.6) is 11.5 Å². The van der Waals surface area contributed by atoms with Crippen LogP contribution in [0.25, 0.3) is 11.4 Å². The normalized spacial score (nSPS) is 10.3. The number of benzene rings is 1. The predicted octanol–water partition coefficient (Wildman–Crippen LogP) is 3.31. The maximum atomic E-state index is 9.09. The standard InChI is InChI=1S/C17H14N4O3S/c1-22-13-7-3-6-12(15(13)23-2)16-20-14(24-21-16)10-25-17-11(9-18)5-4-8-19-17/h3-8H,10H2,1-2H3. The van der Waals surface area contributed by atoms with E-state index in [1.807, 2.05) is 12.1 Å². The first-order chi connectivity index (χ1) is 12.3. The summed E-state index contributed by atoms with van der Waals surface area (Å²) in [4.78, 5) is 8.58. The second kappa shape index (κ2) is 7.68. The number of ether oxygens (including phenoxy) is 2. The molecule has 25 heavy (non-hydrogen) atoms. The molecule has 0 bridgehead atoms. The van der Waals surface area contributed by atoms with Crippen molar-refractivity contribution in [2.45, 2.75) is 10.8 Å². The van der Waals surface area contributed by atoms with Gasteiger partial charge in [0.25, 0.3) is 0 Å². The Balaban J connectivity index is 1.81. The van der Waals surface area contributed by atoms with Gasteiger partial charge in [0.2, 0.25) is 11.7 Å². The van der Waals surface area contributed by atoms with E-state index < -0.39 is 0 Å². The van der Waals surface area contributed by atoms with Gasteiger partial charge in [-0.15, -0.1) is 0 Å². The summed E-state index contributed by atoms with van der Waals surface area (Å²) in [7, 11) is 3.13. The Hall–Kier alpha value is -3.05. The van der Waals surface area contributed by atoms with Crippen LogP contribution in [0.4, 0.5) is 0 Å². The van der Waals surface area contributed by atoms with Crippen LogP contribution in [0.1, 0.15) is 11.5 Å². The van der Waals surface area contributed by atoms with Gasteiger partial charge in [-0.05, 0) is 24.3 Å². The number of hydrogen-bond acceptors (Lipinski definition) is 8. The van der Waals surface area contributed by atoms with Crippen molar-refractivity contribution in [3.63, 3.8) is 0 Å². The van der Waals surface area contributed by atoms with Crippen molar-refractivity contribution in [3.8, 4) is 29.0 Å². The third-order valence-electron chi connectivity index (χ3n) is 3.34. The van der Waals surface area contributed by atoms with Crippen molar-refractivity contribution < 1.29 is 14.0 Å². The fourth-order valence-electron chi connectivity index (χ4n) is 2.21. The van der Waals surface area contributed by atoms with Gasteiger partial charge in [0, 0.05) is 6.20 Å². The van der Waals surface area contributed by atoms with Crippen molar-refractivity contribution >= 4 is 11.8 Å². The molecule has 0 atom stereocenters. The number of thioether (sulfide) groups is 1. The van der Waals surface area contributed by atoms with Crippen LogP contribution in [0.2, 0.25) is 0 Å². The van der Waals surface area contributed by atoms with Crippen molar-refractivity contribution in [2.24, 2.45) is 0 Å². The minimum Gasteiger partial charge on any atom is -0.493 e. The number of rotatable bonds is 6. The van der Waals surface area contributed by atoms with Crippen LogP contribution in [-0.4, -0.2) is 29.3 Å². The fraction of sp³-hybridized carbons (Fsp3) is 0.176. The molecule has 0 amide bonds. The molecule has 0 saturated heterocycles. The van der Waals surface area contributed by atoms with Crippen LogP contribution in [0.15, 0.2) is 46.1 Å². The highest BCUT2D eigenvalue weighted by Crippen LogP contribution is 2.36. The highest BCUT2D eigenvalue weighted by atomic mass is 32.2. The molecule has 3 rings (SSSR count). The monoisotopic (exact) mass is 354 g/mol. The molecule has 2 aromatic heterocycles. The summed E-state index contributed by atoms with van der Waals surface area (Å²) in [5.74, 6) is 2.38. The van der Waals surface area contributed by atoms with Crippen molar-refractivity contribution in [1.82, 2.24) is 15.1 Å². The van der Waals surface area contributed by atoms with E-state index in [1.54, 1.807) is 38.6 Å². The third-order valence-corrected chi connectivity index (χ3v) is 4.33. The molecule has 126 valence electrons. The third kappa shape index (κ3) is 3.56. The zero-order valence-corrected chi connectivity index (χ0v) is 14.4. The molecule has 1 aromatic carbocycles. The Labute approximate surface area is 148 Å². The predicted molar refractivity (Wildman–Crippen MR) is 91.4 cm³/mol. The molecule has 3 aromatic rings. The average Bonchev–Trinajstić information content (AvgIpc) is 3.14. The minimum atomic E-state index is 0.408. The molecule has 0 unspecified atom stereocenters. The summed E-state index contributed by atoms with van der Waals surface area (Å²) < 4.78 is 16.0. The summed E-state index contributed by atoms with van der Waals surface area (Å²) in [6.07, 6.45) is 1.64. The van der Waals surface area contributed by atoms with Crippen LogP contribution in [0, 0.1) is 11.3 Å². The smallest absolute Gasteiger partial charge is 0.237 e. The van der Waals surface area contributed by atoms with Gasteiger partial charge in [0.15, 0.2) is 11.5 Å². The molecular formula is C17H14N4O3S. The molecule has 0 radical (unpaired) electrons. The van der Waals surface area contributed by atoms with Crippen LogP contribution < -0.4 is 9.47 Å². The van der Waals surface area contributed by atoms with E-state index in [4.69, 9.17) is 19.3 Å². The number of para-hydroxylation sites is 1. The second-order valence-corrected chi connectivity index (χ2v) is 5.77. The van der Waals surface area contributed by atoms with Crippen LogP contribution in [0.3, 0.4) is 0 Å². The summed E-state index contributed by atoms with van der Waals surface area (Å²) in [6, 6.07) is 11.0. The van der Waals surface area contributed by atoms with Gasteiger partial charge in [-0.2, -0.15) is 10.2 Å². The number of nitriles is 1. The van der Waals surface area contributed by atoms with Gasteiger partial charge < -0.3 is 14.0 Å². The van der Waals surface area contributed by atoms with E-state index in [0.29, 0.717) is 45.1 Å². The number of aromatic nitrogens is 3. The molecule has 0 spiro atoms. The lowest BCUT2D eigenvalue weighted by molar-refractivity contribution is 0.355. The summed E-state index contributed by atoms with van der Waals surface area (Å²) in [6.45, 7) is 0. The number of pyridine rings is 1. The first-order valence-electron chi connectivity index (χ1n) is 7.28. The van der Waals surface area contributed by atoms with Crippen LogP contribution in [-0.2, 0) is 5.75 Å². The lowest BCUT2D eigenvalue weighted by atomic mass is 10.2. The minimum absolute atomic E-state index is 0.408. The molecule has 8 heteroatoms. The molecule has 0 N–H and O–H groups in total. The summed E-state index contributed by atoms with van der Waals surface area (Å²) in [5, 5.41) is 13.7. The van der Waals surface area contributed by atoms with E-state index >= 15 is 0 Å². The molecule has 0 aliphatic carbocycles. The van der Waals surface area contributed by atoms with Crippen LogP contribution >= 0.6 is 11.8 Å². The Bertz CT molecular complexity index is 920. The van der Waals surface area contributed by atoms with Gasteiger partial charge in [-0.3, -0.25) is 0 Å². The highest BCUT2D eigenvalue weighted by Gasteiger charge is 2.17. The summed E-state index contributed by atoms with van der Waals surface area (Å²) >= 11 is 1.37. The molecule has 0 aliphatic heterocycles. The molecule has 7 nitrogen and oxygen atoms in total. The zero-order chi connectivity index (χ0) is 17.6. The highest BCUT2D eigenvalue weighted by molar-refractivity contribution is 7.98. The lowest BCUT2D eigenvalue weighted by Crippen LogP contribution is -1.94. The van der Waals surface area contributed by atoms with Crippen molar-refractivity contribution in [1.29, 1.82) is 5.26 Å². The van der Waals surface area contributed by atoms with Gasteiger partial charge in [0.1, 0.15) is 11.1 Å². The van der Waals surface area contributed by atoms with Gasteiger partial charge in [-0.25, -0.2) is 4.98 Å². The maximum Gasteiger partial charge on any atom is 0.237 e. The van der Waals surface area contributed by atoms with E-state index in [2.05, 4.69) is 21.2 Å². The Morgan fingerprint density at radius 1 is 1.20 bits per heavy atom. The van der Waals surface area contributed by atoms with Crippen molar-refractivity contribution in [2.75, 3.05) is 14.2 Å². The first-order valence-corrected chi connectivity index (χ1v) is 8.27. The molecule has 0 aliphatic rings. The van der Waals surface area contributed by atoms with Gasteiger partial charge in [-0.1, -0.05) is 23.0 Å². The zero-order valence-electron chi connectivity index (χ0n) is 13.6. The number of methoxy groups -OCH3 is 2. The molecule has 0 saturated carbocycles. The van der Waals surface area contributed by atoms with E-state index in [-0.39, 0.29) is 0 Å². The maximum absolute atomic E-state index is 9.09.